The average Bonchev–Trinajstić information content (AvgIpc) is 2.90. The van der Waals surface area contributed by atoms with Crippen LogP contribution >= 0.6 is 11.3 Å². The first-order valence-electron chi connectivity index (χ1n) is 5.52. The lowest BCUT2D eigenvalue weighted by Crippen LogP contribution is -2.11. The molecule has 0 radical (unpaired) electrons. The molecule has 1 heterocycles. The Balaban J connectivity index is 2.11. The van der Waals surface area contributed by atoms with E-state index in [1.54, 1.807) is 30.5 Å². The maximum atomic E-state index is 11.7. The van der Waals surface area contributed by atoms with E-state index in [0.717, 1.165) is 5.56 Å². The number of hydrogen-bond acceptors (Lipinski definition) is 5. The summed E-state index contributed by atoms with van der Waals surface area (Å²) >= 11 is 1.32. The van der Waals surface area contributed by atoms with Gasteiger partial charge in [0.2, 0.25) is 5.78 Å². The molecule has 0 unspecified atom stereocenters. The lowest BCUT2D eigenvalue weighted by molar-refractivity contribution is -0.385. The number of nitro benzene ring substituents is 1. The molecule has 0 spiro atoms. The van der Waals surface area contributed by atoms with Crippen molar-refractivity contribution < 1.29 is 14.5 Å². The summed E-state index contributed by atoms with van der Waals surface area (Å²) in [5.74, 6) is -0.0784. The summed E-state index contributed by atoms with van der Waals surface area (Å²) in [6, 6.07) is 8.10. The number of nitrogens with zero attached hydrogens (tertiary/aromatic N) is 1. The average molecular weight is 277 g/mol. The van der Waals surface area contributed by atoms with Crippen LogP contribution in [0.15, 0.2) is 35.7 Å². The van der Waals surface area contributed by atoms with Gasteiger partial charge in [0.15, 0.2) is 12.4 Å². The van der Waals surface area contributed by atoms with Gasteiger partial charge in [-0.2, -0.15) is 0 Å². The van der Waals surface area contributed by atoms with Crippen molar-refractivity contribution in [2.45, 2.75) is 6.92 Å². The Morgan fingerprint density at radius 1 is 1.42 bits per heavy atom. The third kappa shape index (κ3) is 3.17. The van der Waals surface area contributed by atoms with Crippen molar-refractivity contribution in [2.75, 3.05) is 6.61 Å². The monoisotopic (exact) mass is 277 g/mol. The van der Waals surface area contributed by atoms with Crippen molar-refractivity contribution in [3.63, 3.8) is 0 Å². The molecule has 2 aromatic rings. The molecule has 19 heavy (non-hydrogen) atoms. The topological polar surface area (TPSA) is 69.4 Å². The summed E-state index contributed by atoms with van der Waals surface area (Å²) in [6.07, 6.45) is 0. The molecule has 0 aliphatic carbocycles. The van der Waals surface area contributed by atoms with Crippen LogP contribution in [0.4, 0.5) is 5.69 Å². The van der Waals surface area contributed by atoms with Crippen LogP contribution in [0, 0.1) is 17.0 Å². The van der Waals surface area contributed by atoms with Gasteiger partial charge in [-0.05, 0) is 30.0 Å². The van der Waals surface area contributed by atoms with E-state index in [1.807, 2.05) is 0 Å². The predicted molar refractivity (Wildman–Crippen MR) is 72.0 cm³/mol. The van der Waals surface area contributed by atoms with Gasteiger partial charge >= 0.3 is 5.69 Å². The number of nitro groups is 1. The first kappa shape index (κ1) is 13.2. The highest BCUT2D eigenvalue weighted by molar-refractivity contribution is 7.12. The molecule has 0 bridgehead atoms. The maximum absolute atomic E-state index is 11.7. The Bertz CT molecular complexity index is 607. The summed E-state index contributed by atoms with van der Waals surface area (Å²) in [5.41, 5.74) is 0.641. The Morgan fingerprint density at radius 2 is 2.21 bits per heavy atom. The zero-order chi connectivity index (χ0) is 13.8. The van der Waals surface area contributed by atoms with E-state index in [0.29, 0.717) is 4.88 Å². The molecule has 0 saturated heterocycles. The van der Waals surface area contributed by atoms with Crippen LogP contribution in [0.3, 0.4) is 0 Å². The minimum atomic E-state index is -0.516. The van der Waals surface area contributed by atoms with Gasteiger partial charge in [0.1, 0.15) is 0 Å². The van der Waals surface area contributed by atoms with Crippen LogP contribution in [0.5, 0.6) is 5.75 Å². The number of benzene rings is 1. The maximum Gasteiger partial charge on any atom is 0.311 e. The first-order valence-corrected chi connectivity index (χ1v) is 6.40. The van der Waals surface area contributed by atoms with E-state index in [4.69, 9.17) is 4.74 Å². The van der Waals surface area contributed by atoms with Crippen molar-refractivity contribution in [3.05, 3.63) is 56.3 Å². The third-order valence-corrected chi connectivity index (χ3v) is 3.38. The van der Waals surface area contributed by atoms with Gasteiger partial charge in [-0.15, -0.1) is 11.3 Å². The molecule has 0 fully saturated rings. The highest BCUT2D eigenvalue weighted by Crippen LogP contribution is 2.27. The molecular weight excluding hydrogens is 266 g/mol. The van der Waals surface area contributed by atoms with Gasteiger partial charge in [0.05, 0.1) is 9.80 Å². The van der Waals surface area contributed by atoms with Crippen LogP contribution < -0.4 is 4.74 Å². The van der Waals surface area contributed by atoms with E-state index in [2.05, 4.69) is 0 Å². The molecule has 2 rings (SSSR count). The number of Topliss-reactive ketones (excluding diaryl/α,β-unsaturated/α-hetero) is 1. The second-order valence-electron chi connectivity index (χ2n) is 3.92. The molecular formula is C13H11NO4S. The van der Waals surface area contributed by atoms with Gasteiger partial charge in [0, 0.05) is 6.07 Å². The standard InChI is InChI=1S/C13H11NO4S/c1-9-4-5-12(10(7-9)14(16)17)18-8-11(15)13-3-2-6-19-13/h2-7H,8H2,1H3. The summed E-state index contributed by atoms with van der Waals surface area (Å²) in [4.78, 5) is 22.7. The van der Waals surface area contributed by atoms with Gasteiger partial charge in [-0.25, -0.2) is 0 Å². The second-order valence-corrected chi connectivity index (χ2v) is 4.87. The van der Waals surface area contributed by atoms with E-state index in [-0.39, 0.29) is 23.8 Å². The largest absolute Gasteiger partial charge is 0.478 e. The zero-order valence-corrected chi connectivity index (χ0v) is 11.0. The third-order valence-electron chi connectivity index (χ3n) is 2.47. The smallest absolute Gasteiger partial charge is 0.311 e. The molecule has 1 aromatic heterocycles. The molecule has 6 heteroatoms. The molecule has 1 aromatic carbocycles. The van der Waals surface area contributed by atoms with Crippen LogP contribution in [0.2, 0.25) is 0 Å². The van der Waals surface area contributed by atoms with Crippen molar-refractivity contribution in [2.24, 2.45) is 0 Å². The quantitative estimate of drug-likeness (QED) is 0.478. The highest BCUT2D eigenvalue weighted by Gasteiger charge is 2.16. The molecule has 0 aliphatic heterocycles. The summed E-state index contributed by atoms with van der Waals surface area (Å²) in [6.45, 7) is 1.55. The molecule has 0 atom stereocenters. The number of rotatable bonds is 5. The normalized spacial score (nSPS) is 10.2. The first-order chi connectivity index (χ1) is 9.08. The number of hydrogen-bond donors (Lipinski definition) is 0. The van der Waals surface area contributed by atoms with Crippen molar-refractivity contribution in [1.29, 1.82) is 0 Å². The molecule has 5 nitrogen and oxygen atoms in total. The van der Waals surface area contributed by atoms with E-state index < -0.39 is 4.92 Å². The lowest BCUT2D eigenvalue weighted by Gasteiger charge is -2.06. The number of carbonyl (C=O) groups is 1. The number of carbonyl (C=O) groups excluding carboxylic acids is 1. The lowest BCUT2D eigenvalue weighted by atomic mass is 10.2. The minimum absolute atomic E-state index is 0.112. The van der Waals surface area contributed by atoms with Crippen LogP contribution in [0.25, 0.3) is 0 Å². The predicted octanol–water partition coefficient (Wildman–Crippen LogP) is 3.23. The van der Waals surface area contributed by atoms with Crippen LogP contribution in [0.1, 0.15) is 15.2 Å². The summed E-state index contributed by atoms with van der Waals surface area (Å²) in [5, 5.41) is 12.7. The Morgan fingerprint density at radius 3 is 2.84 bits per heavy atom. The SMILES string of the molecule is Cc1ccc(OCC(=O)c2cccs2)c([N+](=O)[O-])c1. The van der Waals surface area contributed by atoms with E-state index in [9.17, 15) is 14.9 Å². The van der Waals surface area contributed by atoms with Gasteiger partial charge in [-0.3, -0.25) is 14.9 Å². The van der Waals surface area contributed by atoms with Crippen molar-refractivity contribution in [1.82, 2.24) is 0 Å². The Hall–Kier alpha value is -2.21. The van der Waals surface area contributed by atoms with E-state index >= 15 is 0 Å². The fourth-order valence-corrected chi connectivity index (χ4v) is 2.20. The molecule has 0 N–H and O–H groups in total. The molecule has 0 aliphatic rings. The zero-order valence-electron chi connectivity index (χ0n) is 10.2. The Kier molecular flexibility index (Phi) is 3.91. The number of aryl methyl sites for hydroxylation is 1. The second kappa shape index (κ2) is 5.62. The number of ether oxygens (including phenoxy) is 1. The van der Waals surface area contributed by atoms with Gasteiger partial charge in [-0.1, -0.05) is 12.1 Å². The van der Waals surface area contributed by atoms with Gasteiger partial charge in [0.25, 0.3) is 0 Å². The van der Waals surface area contributed by atoms with Crippen LogP contribution in [-0.4, -0.2) is 17.3 Å². The van der Waals surface area contributed by atoms with Gasteiger partial charge < -0.3 is 4.74 Å². The summed E-state index contributed by atoms with van der Waals surface area (Å²) < 4.78 is 5.25. The Labute approximate surface area is 113 Å². The summed E-state index contributed by atoms with van der Waals surface area (Å²) in [7, 11) is 0. The molecule has 0 saturated carbocycles. The molecule has 0 amide bonds. The number of thiophene rings is 1. The fourth-order valence-electron chi connectivity index (χ4n) is 1.54. The van der Waals surface area contributed by atoms with Crippen molar-refractivity contribution >= 4 is 22.8 Å². The van der Waals surface area contributed by atoms with Crippen LogP contribution in [-0.2, 0) is 0 Å². The fraction of sp³-hybridized carbons (Fsp3) is 0.154. The van der Waals surface area contributed by atoms with Crippen molar-refractivity contribution in [3.8, 4) is 5.75 Å². The minimum Gasteiger partial charge on any atom is -0.478 e. The number of ketones is 1. The molecule has 98 valence electrons. The highest BCUT2D eigenvalue weighted by atomic mass is 32.1. The van der Waals surface area contributed by atoms with E-state index in [1.165, 1.54) is 23.5 Å².